The number of likely N-dealkylation sites (N-methyl/N-ethyl adjacent to an activating group) is 1. The molecular formula is C22H18BrN3O2. The molecule has 0 N–H and O–H groups in total. The van der Waals surface area contributed by atoms with E-state index in [1.54, 1.807) is 24.9 Å². The van der Waals surface area contributed by atoms with Gasteiger partial charge in [0.15, 0.2) is 0 Å². The molecule has 0 saturated heterocycles. The quantitative estimate of drug-likeness (QED) is 0.527. The van der Waals surface area contributed by atoms with Gasteiger partial charge in [-0.1, -0.05) is 42.5 Å². The van der Waals surface area contributed by atoms with Crippen molar-refractivity contribution in [3.63, 3.8) is 0 Å². The summed E-state index contributed by atoms with van der Waals surface area (Å²) >= 11 is 3.44. The summed E-state index contributed by atoms with van der Waals surface area (Å²) in [5.74, 6) is -0.792. The lowest BCUT2D eigenvalue weighted by molar-refractivity contribution is -0.148. The zero-order valence-electron chi connectivity index (χ0n) is 15.5. The molecule has 1 aliphatic heterocycles. The molecule has 2 aromatic rings. The second-order valence-electron chi connectivity index (χ2n) is 6.38. The number of ether oxygens (including phenoxy) is 1. The number of halogens is 1. The first-order valence-electron chi connectivity index (χ1n) is 8.82. The number of hydrogen-bond acceptors (Lipinski definition) is 5. The van der Waals surface area contributed by atoms with Crippen LogP contribution < -0.4 is 0 Å². The van der Waals surface area contributed by atoms with E-state index in [0.29, 0.717) is 15.7 Å². The molecule has 5 nitrogen and oxygen atoms in total. The van der Waals surface area contributed by atoms with Crippen LogP contribution in [0.2, 0.25) is 0 Å². The predicted octanol–water partition coefficient (Wildman–Crippen LogP) is 4.32. The molecule has 140 valence electrons. The number of nitriles is 2. The van der Waals surface area contributed by atoms with Crippen LogP contribution in [0.4, 0.5) is 0 Å². The summed E-state index contributed by atoms with van der Waals surface area (Å²) in [7, 11) is 1.76. The van der Waals surface area contributed by atoms with E-state index in [4.69, 9.17) is 4.74 Å². The van der Waals surface area contributed by atoms with Gasteiger partial charge in [-0.05, 0) is 45.6 Å². The molecule has 3 rings (SSSR count). The van der Waals surface area contributed by atoms with Gasteiger partial charge in [-0.2, -0.15) is 10.5 Å². The third kappa shape index (κ3) is 3.40. The fraction of sp³-hybridized carbons (Fsp3) is 0.227. The molecule has 0 saturated carbocycles. The van der Waals surface area contributed by atoms with Crippen molar-refractivity contribution in [3.8, 4) is 23.3 Å². The molecule has 1 heterocycles. The molecule has 0 aromatic heterocycles. The number of esters is 1. The van der Waals surface area contributed by atoms with Crippen LogP contribution in [0, 0.1) is 22.7 Å². The van der Waals surface area contributed by atoms with Gasteiger partial charge in [0.2, 0.25) is 0 Å². The Kier molecular flexibility index (Phi) is 5.82. The van der Waals surface area contributed by atoms with Crippen molar-refractivity contribution in [2.24, 2.45) is 0 Å². The van der Waals surface area contributed by atoms with E-state index in [1.807, 2.05) is 42.5 Å². The minimum absolute atomic E-state index is 0.277. The van der Waals surface area contributed by atoms with E-state index in [2.05, 4.69) is 28.1 Å². The van der Waals surface area contributed by atoms with E-state index < -0.39 is 12.0 Å². The SMILES string of the molecule is CCOC(=O)C1C(c2ccc(-c3ccccc3C#N)cc2)C(C#N)=C(Br)N1C. The van der Waals surface area contributed by atoms with Gasteiger partial charge < -0.3 is 9.64 Å². The summed E-state index contributed by atoms with van der Waals surface area (Å²) in [5.41, 5.74) is 3.68. The molecule has 1 aliphatic rings. The lowest BCUT2D eigenvalue weighted by Crippen LogP contribution is -2.38. The lowest BCUT2D eigenvalue weighted by Gasteiger charge is -2.26. The second-order valence-corrected chi connectivity index (χ2v) is 7.13. The third-order valence-corrected chi connectivity index (χ3v) is 5.84. The standard InChI is InChI=1S/C22H18BrN3O2/c1-3-28-22(27)20-19(18(13-25)21(23)26(20)2)15-10-8-14(9-11-15)17-7-5-4-6-16(17)12-24/h4-11,19-20H,3H2,1-2H3. The summed E-state index contributed by atoms with van der Waals surface area (Å²) in [6.07, 6.45) is 0. The number of carbonyl (C=O) groups is 1. The first kappa shape index (κ1) is 19.7. The minimum atomic E-state index is -0.610. The van der Waals surface area contributed by atoms with Gasteiger partial charge in [-0.3, -0.25) is 0 Å². The van der Waals surface area contributed by atoms with Crippen molar-refractivity contribution in [1.82, 2.24) is 4.90 Å². The third-order valence-electron chi connectivity index (χ3n) is 4.85. The van der Waals surface area contributed by atoms with Crippen LogP contribution in [0.3, 0.4) is 0 Å². The predicted molar refractivity (Wildman–Crippen MR) is 109 cm³/mol. The van der Waals surface area contributed by atoms with Gasteiger partial charge in [0.25, 0.3) is 0 Å². The van der Waals surface area contributed by atoms with Gasteiger partial charge in [-0.15, -0.1) is 0 Å². The fourth-order valence-electron chi connectivity index (χ4n) is 3.51. The van der Waals surface area contributed by atoms with Crippen molar-refractivity contribution in [1.29, 1.82) is 10.5 Å². The topological polar surface area (TPSA) is 77.1 Å². The van der Waals surface area contributed by atoms with E-state index >= 15 is 0 Å². The van der Waals surface area contributed by atoms with Crippen LogP contribution in [0.5, 0.6) is 0 Å². The Morgan fingerprint density at radius 3 is 2.43 bits per heavy atom. The zero-order chi connectivity index (χ0) is 20.3. The highest BCUT2D eigenvalue weighted by Gasteiger charge is 2.44. The highest BCUT2D eigenvalue weighted by molar-refractivity contribution is 9.11. The summed E-state index contributed by atoms with van der Waals surface area (Å²) in [6.45, 7) is 2.04. The van der Waals surface area contributed by atoms with Crippen LogP contribution in [-0.2, 0) is 9.53 Å². The monoisotopic (exact) mass is 435 g/mol. The fourth-order valence-corrected chi connectivity index (χ4v) is 4.07. The van der Waals surface area contributed by atoms with Gasteiger partial charge in [0.1, 0.15) is 6.04 Å². The smallest absolute Gasteiger partial charge is 0.329 e. The highest BCUT2D eigenvalue weighted by atomic mass is 79.9. The van der Waals surface area contributed by atoms with E-state index in [0.717, 1.165) is 16.7 Å². The lowest BCUT2D eigenvalue weighted by atomic mass is 9.86. The molecule has 2 aromatic carbocycles. The summed E-state index contributed by atoms with van der Waals surface area (Å²) in [6, 6.07) is 18.8. The van der Waals surface area contributed by atoms with E-state index in [9.17, 15) is 15.3 Å². The number of benzene rings is 2. The van der Waals surface area contributed by atoms with Crippen LogP contribution in [0.15, 0.2) is 58.7 Å². The number of nitrogens with zero attached hydrogens (tertiary/aromatic N) is 3. The molecule has 2 unspecified atom stereocenters. The normalized spacial score (nSPS) is 18.5. The maximum atomic E-state index is 12.6. The molecule has 0 fully saturated rings. The van der Waals surface area contributed by atoms with Crippen LogP contribution in [0.1, 0.15) is 24.0 Å². The molecule has 0 radical (unpaired) electrons. The molecule has 6 heteroatoms. The average Bonchev–Trinajstić information content (AvgIpc) is 2.98. The molecule has 0 amide bonds. The Hall–Kier alpha value is -3.09. The van der Waals surface area contributed by atoms with Crippen molar-refractivity contribution in [2.45, 2.75) is 18.9 Å². The van der Waals surface area contributed by atoms with Gasteiger partial charge in [0.05, 0.1) is 40.4 Å². The molecule has 0 spiro atoms. The van der Waals surface area contributed by atoms with Crippen LogP contribution >= 0.6 is 15.9 Å². The highest BCUT2D eigenvalue weighted by Crippen LogP contribution is 2.43. The van der Waals surface area contributed by atoms with Gasteiger partial charge in [-0.25, -0.2) is 4.79 Å². The van der Waals surface area contributed by atoms with Crippen molar-refractivity contribution >= 4 is 21.9 Å². The minimum Gasteiger partial charge on any atom is -0.464 e. The average molecular weight is 436 g/mol. The maximum absolute atomic E-state index is 12.6. The molecular weight excluding hydrogens is 418 g/mol. The van der Waals surface area contributed by atoms with Crippen LogP contribution in [0.25, 0.3) is 11.1 Å². The first-order valence-corrected chi connectivity index (χ1v) is 9.61. The molecule has 0 aliphatic carbocycles. The van der Waals surface area contributed by atoms with Crippen molar-refractivity contribution in [2.75, 3.05) is 13.7 Å². The van der Waals surface area contributed by atoms with Crippen molar-refractivity contribution in [3.05, 3.63) is 69.8 Å². The summed E-state index contributed by atoms with van der Waals surface area (Å²) in [4.78, 5) is 14.3. The van der Waals surface area contributed by atoms with E-state index in [1.165, 1.54) is 0 Å². The van der Waals surface area contributed by atoms with Gasteiger partial charge in [0, 0.05) is 7.05 Å². The van der Waals surface area contributed by atoms with Crippen LogP contribution in [-0.4, -0.2) is 30.6 Å². The first-order chi connectivity index (χ1) is 13.5. The Labute approximate surface area is 172 Å². The largest absolute Gasteiger partial charge is 0.464 e. The number of hydrogen-bond donors (Lipinski definition) is 0. The summed E-state index contributed by atoms with van der Waals surface area (Å²) in [5, 5.41) is 19.0. The number of carbonyl (C=O) groups excluding carboxylic acids is 1. The number of rotatable bonds is 4. The second kappa shape index (κ2) is 8.29. The Morgan fingerprint density at radius 2 is 1.82 bits per heavy atom. The Balaban J connectivity index is 2.02. The zero-order valence-corrected chi connectivity index (χ0v) is 17.1. The molecule has 2 atom stereocenters. The Morgan fingerprint density at radius 1 is 1.14 bits per heavy atom. The molecule has 0 bridgehead atoms. The van der Waals surface area contributed by atoms with E-state index in [-0.39, 0.29) is 12.6 Å². The maximum Gasteiger partial charge on any atom is 0.329 e. The summed E-state index contributed by atoms with van der Waals surface area (Å²) < 4.78 is 5.83. The molecule has 28 heavy (non-hydrogen) atoms. The van der Waals surface area contributed by atoms with Gasteiger partial charge >= 0.3 is 5.97 Å². The Bertz CT molecular complexity index is 1020. The van der Waals surface area contributed by atoms with Crippen molar-refractivity contribution < 1.29 is 9.53 Å².